The molecule has 0 saturated carbocycles. The highest BCUT2D eigenvalue weighted by molar-refractivity contribution is 7.89. The summed E-state index contributed by atoms with van der Waals surface area (Å²) in [4.78, 5) is 0.198. The molecule has 1 heterocycles. The van der Waals surface area contributed by atoms with Gasteiger partial charge in [0.05, 0.1) is 7.11 Å². The molecule has 1 fully saturated rings. The first-order chi connectivity index (χ1) is 9.48. The van der Waals surface area contributed by atoms with Gasteiger partial charge in [-0.25, -0.2) is 8.42 Å². The lowest BCUT2D eigenvalue weighted by Crippen LogP contribution is -2.38. The molecule has 112 valence electrons. The van der Waals surface area contributed by atoms with Gasteiger partial charge in [0.25, 0.3) is 0 Å². The smallest absolute Gasteiger partial charge is 0.246 e. The van der Waals surface area contributed by atoms with Crippen molar-refractivity contribution in [2.24, 2.45) is 5.92 Å². The summed E-state index contributed by atoms with van der Waals surface area (Å²) in [5.41, 5.74) is 6.16. The van der Waals surface area contributed by atoms with Gasteiger partial charge in [0.1, 0.15) is 10.6 Å². The average molecular weight is 298 g/mol. The molecule has 1 aliphatic heterocycles. The number of benzene rings is 1. The highest BCUT2D eigenvalue weighted by Gasteiger charge is 2.30. The van der Waals surface area contributed by atoms with Gasteiger partial charge in [-0.3, -0.25) is 0 Å². The third-order valence-corrected chi connectivity index (χ3v) is 5.89. The molecule has 5 nitrogen and oxygen atoms in total. The molecule has 1 aromatic carbocycles. The fraction of sp³-hybridized carbons (Fsp3) is 0.571. The molecule has 1 aromatic rings. The van der Waals surface area contributed by atoms with Gasteiger partial charge in [0.15, 0.2) is 0 Å². The lowest BCUT2D eigenvalue weighted by molar-refractivity contribution is 0.268. The Labute approximate surface area is 120 Å². The Morgan fingerprint density at radius 1 is 1.35 bits per heavy atom. The molecule has 0 amide bonds. The van der Waals surface area contributed by atoms with Crippen molar-refractivity contribution in [1.29, 1.82) is 0 Å². The van der Waals surface area contributed by atoms with E-state index in [1.54, 1.807) is 16.4 Å². The van der Waals surface area contributed by atoms with E-state index in [0.29, 0.717) is 30.4 Å². The first-order valence-corrected chi connectivity index (χ1v) is 8.36. The molecular formula is C14H22N2O3S. The Bertz CT molecular complexity index is 564. The maximum absolute atomic E-state index is 12.7. The summed E-state index contributed by atoms with van der Waals surface area (Å²) >= 11 is 0. The number of rotatable bonds is 4. The van der Waals surface area contributed by atoms with Gasteiger partial charge in [-0.1, -0.05) is 13.3 Å². The van der Waals surface area contributed by atoms with Crippen molar-refractivity contribution < 1.29 is 13.2 Å². The van der Waals surface area contributed by atoms with E-state index in [1.807, 2.05) is 0 Å². The van der Waals surface area contributed by atoms with Gasteiger partial charge >= 0.3 is 0 Å². The second-order valence-electron chi connectivity index (χ2n) is 5.17. The third kappa shape index (κ3) is 2.91. The fourth-order valence-electron chi connectivity index (χ4n) is 2.59. The number of hydrogen-bond donors (Lipinski definition) is 1. The molecule has 2 rings (SSSR count). The largest absolute Gasteiger partial charge is 0.495 e. The molecule has 0 radical (unpaired) electrons. The van der Waals surface area contributed by atoms with Crippen molar-refractivity contribution in [2.75, 3.05) is 25.9 Å². The molecule has 0 unspecified atom stereocenters. The minimum atomic E-state index is -3.50. The topological polar surface area (TPSA) is 72.6 Å². The second-order valence-corrected chi connectivity index (χ2v) is 7.07. The van der Waals surface area contributed by atoms with Crippen molar-refractivity contribution in [2.45, 2.75) is 31.1 Å². The van der Waals surface area contributed by atoms with E-state index < -0.39 is 10.0 Å². The van der Waals surface area contributed by atoms with Crippen molar-refractivity contribution in [3.8, 4) is 5.75 Å². The highest BCUT2D eigenvalue weighted by atomic mass is 32.2. The van der Waals surface area contributed by atoms with Crippen LogP contribution >= 0.6 is 0 Å². The fourth-order valence-corrected chi connectivity index (χ4v) is 4.20. The predicted octanol–water partition coefficient (Wildman–Crippen LogP) is 2.09. The quantitative estimate of drug-likeness (QED) is 0.864. The van der Waals surface area contributed by atoms with E-state index in [-0.39, 0.29) is 4.90 Å². The zero-order valence-electron chi connectivity index (χ0n) is 12.0. The number of hydrogen-bond acceptors (Lipinski definition) is 4. The molecule has 20 heavy (non-hydrogen) atoms. The van der Waals surface area contributed by atoms with Crippen molar-refractivity contribution in [3.05, 3.63) is 18.2 Å². The van der Waals surface area contributed by atoms with Gasteiger partial charge in [-0.2, -0.15) is 4.31 Å². The Morgan fingerprint density at radius 3 is 2.55 bits per heavy atom. The summed E-state index contributed by atoms with van der Waals surface area (Å²) in [6.07, 6.45) is 2.96. The summed E-state index contributed by atoms with van der Waals surface area (Å²) in [6.45, 7) is 3.31. The summed E-state index contributed by atoms with van der Waals surface area (Å²) < 4.78 is 32.1. The van der Waals surface area contributed by atoms with Crippen molar-refractivity contribution >= 4 is 15.7 Å². The summed E-state index contributed by atoms with van der Waals surface area (Å²) in [6, 6.07) is 4.66. The third-order valence-electron chi connectivity index (χ3n) is 3.96. The van der Waals surface area contributed by atoms with Crippen LogP contribution in [0.2, 0.25) is 0 Å². The van der Waals surface area contributed by atoms with Crippen LogP contribution in [0.25, 0.3) is 0 Å². The second kappa shape index (κ2) is 6.01. The molecule has 6 heteroatoms. The minimum Gasteiger partial charge on any atom is -0.495 e. The molecule has 0 aromatic heterocycles. The first-order valence-electron chi connectivity index (χ1n) is 6.92. The van der Waals surface area contributed by atoms with Crippen LogP contribution in [-0.4, -0.2) is 32.9 Å². The van der Waals surface area contributed by atoms with Crippen molar-refractivity contribution in [3.63, 3.8) is 0 Å². The number of ether oxygens (including phenoxy) is 1. The molecule has 1 aliphatic rings. The van der Waals surface area contributed by atoms with Gasteiger partial charge in [0.2, 0.25) is 10.0 Å². The van der Waals surface area contributed by atoms with Gasteiger partial charge in [0, 0.05) is 24.8 Å². The predicted molar refractivity (Wildman–Crippen MR) is 79.2 cm³/mol. The molecule has 0 bridgehead atoms. The van der Waals surface area contributed by atoms with E-state index in [2.05, 4.69) is 6.92 Å². The normalized spacial score (nSPS) is 18.1. The van der Waals surface area contributed by atoms with Gasteiger partial charge in [-0.05, 0) is 30.9 Å². The SMILES string of the molecule is CCC1CCN(S(=O)(=O)c2ccc(N)cc2OC)CC1. The Kier molecular flexibility index (Phi) is 4.55. The lowest BCUT2D eigenvalue weighted by Gasteiger charge is -2.31. The first kappa shape index (κ1) is 15.1. The standard InChI is InChI=1S/C14H22N2O3S/c1-3-11-6-8-16(9-7-11)20(17,18)14-5-4-12(15)10-13(14)19-2/h4-5,10-11H,3,6-9,15H2,1-2H3. The van der Waals surface area contributed by atoms with E-state index in [1.165, 1.54) is 13.2 Å². The molecule has 2 N–H and O–H groups in total. The molecule has 0 aliphatic carbocycles. The zero-order chi connectivity index (χ0) is 14.8. The Balaban J connectivity index is 2.27. The Morgan fingerprint density at radius 2 is 2.00 bits per heavy atom. The minimum absolute atomic E-state index is 0.198. The summed E-state index contributed by atoms with van der Waals surface area (Å²) in [7, 11) is -2.04. The zero-order valence-corrected chi connectivity index (χ0v) is 12.8. The lowest BCUT2D eigenvalue weighted by atomic mass is 9.96. The Hall–Kier alpha value is -1.27. The van der Waals surface area contributed by atoms with E-state index in [0.717, 1.165) is 19.3 Å². The van der Waals surface area contributed by atoms with Crippen LogP contribution in [0.4, 0.5) is 5.69 Å². The number of piperidine rings is 1. The summed E-state index contributed by atoms with van der Waals surface area (Å²) in [5, 5.41) is 0. The van der Waals surface area contributed by atoms with Crippen LogP contribution < -0.4 is 10.5 Å². The number of anilines is 1. The van der Waals surface area contributed by atoms with E-state index in [4.69, 9.17) is 10.5 Å². The molecular weight excluding hydrogens is 276 g/mol. The molecule has 0 spiro atoms. The van der Waals surface area contributed by atoms with E-state index >= 15 is 0 Å². The van der Waals surface area contributed by atoms with Gasteiger partial charge in [-0.15, -0.1) is 0 Å². The monoisotopic (exact) mass is 298 g/mol. The number of sulfonamides is 1. The molecule has 0 atom stereocenters. The van der Waals surface area contributed by atoms with Gasteiger partial charge < -0.3 is 10.5 Å². The van der Waals surface area contributed by atoms with Crippen LogP contribution in [0.5, 0.6) is 5.75 Å². The number of nitrogen functional groups attached to an aromatic ring is 1. The average Bonchev–Trinajstić information content (AvgIpc) is 2.46. The maximum Gasteiger partial charge on any atom is 0.246 e. The van der Waals surface area contributed by atoms with Crippen LogP contribution in [-0.2, 0) is 10.0 Å². The van der Waals surface area contributed by atoms with Crippen LogP contribution in [0.3, 0.4) is 0 Å². The molecule has 1 saturated heterocycles. The number of nitrogens with zero attached hydrogens (tertiary/aromatic N) is 1. The number of nitrogens with two attached hydrogens (primary N) is 1. The summed E-state index contributed by atoms with van der Waals surface area (Å²) in [5.74, 6) is 0.942. The highest BCUT2D eigenvalue weighted by Crippen LogP contribution is 2.31. The number of methoxy groups -OCH3 is 1. The van der Waals surface area contributed by atoms with Crippen molar-refractivity contribution in [1.82, 2.24) is 4.31 Å². The van der Waals surface area contributed by atoms with E-state index in [9.17, 15) is 8.42 Å². The van der Waals surface area contributed by atoms with Crippen LogP contribution in [0.15, 0.2) is 23.1 Å². The maximum atomic E-state index is 12.7. The van der Waals surface area contributed by atoms with Crippen LogP contribution in [0.1, 0.15) is 26.2 Å². The van der Waals surface area contributed by atoms with Crippen LogP contribution in [0, 0.1) is 5.92 Å².